The van der Waals surface area contributed by atoms with Gasteiger partial charge in [0, 0.05) is 37.7 Å². The second kappa shape index (κ2) is 8.52. The van der Waals surface area contributed by atoms with Gasteiger partial charge in [-0.2, -0.15) is 0 Å². The lowest BCUT2D eigenvalue weighted by Crippen LogP contribution is -2.49. The van der Waals surface area contributed by atoms with E-state index < -0.39 is 0 Å². The zero-order valence-electron chi connectivity index (χ0n) is 14.2. The van der Waals surface area contributed by atoms with Gasteiger partial charge in [0.05, 0.1) is 12.8 Å². The molecule has 1 N–H and O–H groups in total. The molecule has 1 fully saturated rings. The van der Waals surface area contributed by atoms with E-state index in [9.17, 15) is 0 Å². The smallest absolute Gasteiger partial charge is 0.173 e. The molecule has 1 aliphatic heterocycles. The standard InChI is InChI=1S/C19H22ClN3OS/c1-24-18-9-5-4-8-17(18)21-19(25)23-12-10-22(11-13-23)14-15-6-2-3-7-16(15)20/h2-9H,10-14H2,1H3,(H,21,25). The van der Waals surface area contributed by atoms with Crippen LogP contribution in [-0.2, 0) is 6.54 Å². The van der Waals surface area contributed by atoms with Crippen LogP contribution in [0.5, 0.6) is 5.75 Å². The molecule has 0 aliphatic carbocycles. The third-order valence-electron chi connectivity index (χ3n) is 4.36. The quantitative estimate of drug-likeness (QED) is 0.819. The number of halogens is 1. The van der Waals surface area contributed by atoms with E-state index in [1.54, 1.807) is 7.11 Å². The molecule has 25 heavy (non-hydrogen) atoms. The number of hydrogen-bond donors (Lipinski definition) is 1. The number of thiocarbonyl (C=S) groups is 1. The van der Waals surface area contributed by atoms with Gasteiger partial charge in [0.2, 0.25) is 0 Å². The number of para-hydroxylation sites is 2. The van der Waals surface area contributed by atoms with Crippen LogP contribution in [0.3, 0.4) is 0 Å². The first-order chi connectivity index (χ1) is 12.2. The summed E-state index contributed by atoms with van der Waals surface area (Å²) in [6.07, 6.45) is 0. The van der Waals surface area contributed by atoms with Gasteiger partial charge in [0.15, 0.2) is 5.11 Å². The lowest BCUT2D eigenvalue weighted by molar-refractivity contribution is 0.177. The minimum absolute atomic E-state index is 0.738. The van der Waals surface area contributed by atoms with Gasteiger partial charge in [-0.25, -0.2) is 0 Å². The Morgan fingerprint density at radius 2 is 1.76 bits per heavy atom. The van der Waals surface area contributed by atoms with Crippen LogP contribution in [0.4, 0.5) is 5.69 Å². The van der Waals surface area contributed by atoms with Crippen LogP contribution in [0, 0.1) is 0 Å². The number of hydrogen-bond acceptors (Lipinski definition) is 3. The van der Waals surface area contributed by atoms with E-state index in [1.807, 2.05) is 42.5 Å². The van der Waals surface area contributed by atoms with Crippen molar-refractivity contribution < 1.29 is 4.74 Å². The Labute approximate surface area is 159 Å². The monoisotopic (exact) mass is 375 g/mol. The molecule has 1 aliphatic rings. The lowest BCUT2D eigenvalue weighted by atomic mass is 10.2. The maximum absolute atomic E-state index is 6.26. The van der Waals surface area contributed by atoms with E-state index in [-0.39, 0.29) is 0 Å². The molecular weight excluding hydrogens is 354 g/mol. The topological polar surface area (TPSA) is 27.7 Å². The molecule has 0 aromatic heterocycles. The number of rotatable bonds is 4. The molecule has 0 saturated carbocycles. The number of anilines is 1. The number of benzene rings is 2. The predicted octanol–water partition coefficient (Wildman–Crippen LogP) is 3.86. The van der Waals surface area contributed by atoms with Crippen LogP contribution in [0.2, 0.25) is 5.02 Å². The van der Waals surface area contributed by atoms with Gasteiger partial charge in [-0.3, -0.25) is 4.90 Å². The summed E-state index contributed by atoms with van der Waals surface area (Å²) in [7, 11) is 1.66. The Morgan fingerprint density at radius 1 is 1.08 bits per heavy atom. The van der Waals surface area contributed by atoms with Gasteiger partial charge in [-0.15, -0.1) is 0 Å². The second-order valence-electron chi connectivity index (χ2n) is 5.99. The van der Waals surface area contributed by atoms with Gasteiger partial charge in [0.25, 0.3) is 0 Å². The van der Waals surface area contributed by atoms with Gasteiger partial charge in [-0.1, -0.05) is 41.9 Å². The molecule has 0 spiro atoms. The maximum Gasteiger partial charge on any atom is 0.173 e. The summed E-state index contributed by atoms with van der Waals surface area (Å²) < 4.78 is 5.37. The predicted molar refractivity (Wildman–Crippen MR) is 108 cm³/mol. The van der Waals surface area contributed by atoms with Crippen molar-refractivity contribution in [3.8, 4) is 5.75 Å². The average molecular weight is 376 g/mol. The van der Waals surface area contributed by atoms with Crippen molar-refractivity contribution in [2.75, 3.05) is 38.6 Å². The summed E-state index contributed by atoms with van der Waals surface area (Å²) in [4.78, 5) is 4.61. The molecule has 0 amide bonds. The maximum atomic E-state index is 6.26. The van der Waals surface area contributed by atoms with E-state index in [4.69, 9.17) is 28.6 Å². The number of nitrogens with one attached hydrogen (secondary N) is 1. The highest BCUT2D eigenvalue weighted by Crippen LogP contribution is 2.24. The van der Waals surface area contributed by atoms with Crippen LogP contribution >= 0.6 is 23.8 Å². The van der Waals surface area contributed by atoms with Crippen molar-refractivity contribution in [3.05, 3.63) is 59.1 Å². The third kappa shape index (κ3) is 4.63. The molecule has 0 bridgehead atoms. The zero-order valence-corrected chi connectivity index (χ0v) is 15.8. The molecular formula is C19H22ClN3OS. The first kappa shape index (κ1) is 18.0. The number of ether oxygens (including phenoxy) is 1. The van der Waals surface area contributed by atoms with E-state index >= 15 is 0 Å². The fourth-order valence-corrected chi connectivity index (χ4v) is 3.41. The third-order valence-corrected chi connectivity index (χ3v) is 5.09. The van der Waals surface area contributed by atoms with Crippen LogP contribution in [0.15, 0.2) is 48.5 Å². The lowest BCUT2D eigenvalue weighted by Gasteiger charge is -2.36. The van der Waals surface area contributed by atoms with Crippen molar-refractivity contribution in [2.24, 2.45) is 0 Å². The van der Waals surface area contributed by atoms with Crippen molar-refractivity contribution in [1.82, 2.24) is 9.80 Å². The SMILES string of the molecule is COc1ccccc1NC(=S)N1CCN(Cc2ccccc2Cl)CC1. The van der Waals surface area contributed by atoms with Crippen molar-refractivity contribution in [1.29, 1.82) is 0 Å². The molecule has 2 aromatic carbocycles. The van der Waals surface area contributed by atoms with Crippen LogP contribution in [0.25, 0.3) is 0 Å². The summed E-state index contributed by atoms with van der Waals surface area (Å²) >= 11 is 11.8. The summed E-state index contributed by atoms with van der Waals surface area (Å²) in [6.45, 7) is 4.58. The van der Waals surface area contributed by atoms with Crippen LogP contribution < -0.4 is 10.1 Å². The Morgan fingerprint density at radius 3 is 2.48 bits per heavy atom. The number of methoxy groups -OCH3 is 1. The summed E-state index contributed by atoms with van der Waals surface area (Å²) in [5.74, 6) is 0.794. The minimum atomic E-state index is 0.738. The number of nitrogens with zero attached hydrogens (tertiary/aromatic N) is 2. The summed E-state index contributed by atoms with van der Waals surface area (Å²) in [5, 5.41) is 4.87. The Bertz CT molecular complexity index is 732. The molecule has 4 nitrogen and oxygen atoms in total. The first-order valence-electron chi connectivity index (χ1n) is 8.32. The molecule has 3 rings (SSSR count). The fraction of sp³-hybridized carbons (Fsp3) is 0.316. The van der Waals surface area contributed by atoms with E-state index in [0.717, 1.165) is 54.3 Å². The number of piperazine rings is 1. The Balaban J connectivity index is 1.53. The highest BCUT2D eigenvalue weighted by molar-refractivity contribution is 7.80. The summed E-state index contributed by atoms with van der Waals surface area (Å²) in [5.41, 5.74) is 2.07. The van der Waals surface area contributed by atoms with Gasteiger partial charge in [0.1, 0.15) is 5.75 Å². The van der Waals surface area contributed by atoms with Gasteiger partial charge >= 0.3 is 0 Å². The minimum Gasteiger partial charge on any atom is -0.495 e. The molecule has 0 radical (unpaired) electrons. The van der Waals surface area contributed by atoms with Crippen molar-refractivity contribution in [2.45, 2.75) is 6.54 Å². The fourth-order valence-electron chi connectivity index (χ4n) is 2.92. The molecule has 0 unspecified atom stereocenters. The van der Waals surface area contributed by atoms with E-state index in [0.29, 0.717) is 0 Å². The molecule has 0 atom stereocenters. The van der Waals surface area contributed by atoms with E-state index in [1.165, 1.54) is 5.56 Å². The average Bonchev–Trinajstić information content (AvgIpc) is 2.64. The van der Waals surface area contributed by atoms with Gasteiger partial charge < -0.3 is 15.0 Å². The van der Waals surface area contributed by atoms with Gasteiger partial charge in [-0.05, 0) is 36.0 Å². The molecule has 6 heteroatoms. The highest BCUT2D eigenvalue weighted by Gasteiger charge is 2.20. The summed E-state index contributed by atoms with van der Waals surface area (Å²) in [6, 6.07) is 15.8. The Kier molecular flexibility index (Phi) is 6.13. The van der Waals surface area contributed by atoms with Crippen LogP contribution in [-0.4, -0.2) is 48.2 Å². The molecule has 1 heterocycles. The zero-order chi connectivity index (χ0) is 17.6. The second-order valence-corrected chi connectivity index (χ2v) is 6.78. The highest BCUT2D eigenvalue weighted by atomic mass is 35.5. The van der Waals surface area contributed by atoms with E-state index in [2.05, 4.69) is 21.2 Å². The van der Waals surface area contributed by atoms with Crippen molar-refractivity contribution >= 4 is 34.6 Å². The van der Waals surface area contributed by atoms with Crippen LogP contribution in [0.1, 0.15) is 5.56 Å². The molecule has 2 aromatic rings. The molecule has 132 valence electrons. The Hall–Kier alpha value is -1.82. The van der Waals surface area contributed by atoms with Crippen molar-refractivity contribution in [3.63, 3.8) is 0 Å². The normalized spacial score (nSPS) is 15.0. The first-order valence-corrected chi connectivity index (χ1v) is 9.10. The molecule has 1 saturated heterocycles. The largest absolute Gasteiger partial charge is 0.495 e.